The number of para-hydroxylation sites is 1. The zero-order chi connectivity index (χ0) is 19.4. The van der Waals surface area contributed by atoms with Crippen molar-refractivity contribution in [3.8, 4) is 5.69 Å². The van der Waals surface area contributed by atoms with Gasteiger partial charge in [-0.3, -0.25) is 4.99 Å². The van der Waals surface area contributed by atoms with Gasteiger partial charge in [-0.15, -0.1) is 0 Å². The van der Waals surface area contributed by atoms with Crippen LogP contribution in [0.25, 0.3) is 5.69 Å². The number of aliphatic imine (C=N–C) groups is 1. The first kappa shape index (κ1) is 18.7. The summed E-state index contributed by atoms with van der Waals surface area (Å²) in [6.07, 6.45) is 0. The third-order valence-corrected chi connectivity index (χ3v) is 4.58. The fraction of sp³-hybridized carbons (Fsp3) is 0.350. The molecule has 0 aliphatic heterocycles. The van der Waals surface area contributed by atoms with Crippen LogP contribution in [0.2, 0.25) is 0 Å². The smallest absolute Gasteiger partial charge is 0.214 e. The highest BCUT2D eigenvalue weighted by Crippen LogP contribution is 2.17. The molecule has 0 fully saturated rings. The third-order valence-electron chi connectivity index (χ3n) is 4.58. The molecule has 0 saturated heterocycles. The predicted octanol–water partition coefficient (Wildman–Crippen LogP) is 2.96. The molecule has 142 valence electrons. The molecule has 3 aromatic rings. The Kier molecular flexibility index (Phi) is 5.59. The van der Waals surface area contributed by atoms with Crippen LogP contribution in [0.15, 0.2) is 39.7 Å². The van der Waals surface area contributed by atoms with Crippen molar-refractivity contribution in [2.45, 2.75) is 40.8 Å². The van der Waals surface area contributed by atoms with Crippen LogP contribution in [0.3, 0.4) is 0 Å². The Labute approximate surface area is 159 Å². The molecule has 0 unspecified atom stereocenters. The van der Waals surface area contributed by atoms with Crippen molar-refractivity contribution in [2.24, 2.45) is 4.99 Å². The first-order valence-electron chi connectivity index (χ1n) is 8.97. The van der Waals surface area contributed by atoms with Gasteiger partial charge in [0.1, 0.15) is 5.76 Å². The summed E-state index contributed by atoms with van der Waals surface area (Å²) in [7, 11) is 1.74. The molecule has 2 N–H and O–H groups in total. The number of rotatable bonds is 5. The highest BCUT2D eigenvalue weighted by molar-refractivity contribution is 5.79. The zero-order valence-corrected chi connectivity index (χ0v) is 16.5. The molecular weight excluding hydrogens is 340 g/mol. The standard InChI is InChI=1S/C20H26N6O/c1-13-16(4)27-19(24-13)12-23-20(21-5)22-11-18-14(2)25-26(15(18)3)17-9-7-6-8-10-17/h6-10H,11-12H2,1-5H3,(H2,21,22,23). The van der Waals surface area contributed by atoms with Crippen LogP contribution in [0, 0.1) is 27.7 Å². The maximum absolute atomic E-state index is 5.59. The van der Waals surface area contributed by atoms with Crippen LogP contribution in [-0.2, 0) is 13.1 Å². The maximum atomic E-state index is 5.59. The third kappa shape index (κ3) is 4.19. The Morgan fingerprint density at radius 3 is 2.37 bits per heavy atom. The van der Waals surface area contributed by atoms with Crippen LogP contribution < -0.4 is 10.6 Å². The van der Waals surface area contributed by atoms with Gasteiger partial charge in [0.15, 0.2) is 5.96 Å². The average molecular weight is 366 g/mol. The summed E-state index contributed by atoms with van der Waals surface area (Å²) in [4.78, 5) is 8.64. The van der Waals surface area contributed by atoms with Crippen molar-refractivity contribution in [1.82, 2.24) is 25.4 Å². The molecule has 0 aliphatic rings. The van der Waals surface area contributed by atoms with E-state index in [2.05, 4.69) is 44.8 Å². The number of nitrogens with one attached hydrogen (secondary N) is 2. The van der Waals surface area contributed by atoms with E-state index >= 15 is 0 Å². The first-order valence-corrected chi connectivity index (χ1v) is 8.97. The Hall–Kier alpha value is -3.09. The van der Waals surface area contributed by atoms with Crippen LogP contribution in [0.4, 0.5) is 0 Å². The van der Waals surface area contributed by atoms with E-state index in [4.69, 9.17) is 4.42 Å². The second kappa shape index (κ2) is 8.07. The summed E-state index contributed by atoms with van der Waals surface area (Å²) >= 11 is 0. The topological polar surface area (TPSA) is 80.3 Å². The molecule has 7 nitrogen and oxygen atoms in total. The van der Waals surface area contributed by atoms with Crippen molar-refractivity contribution in [3.63, 3.8) is 0 Å². The molecule has 7 heteroatoms. The number of hydrogen-bond acceptors (Lipinski definition) is 4. The van der Waals surface area contributed by atoms with Gasteiger partial charge in [0, 0.05) is 24.8 Å². The summed E-state index contributed by atoms with van der Waals surface area (Å²) in [6, 6.07) is 10.1. The number of nitrogens with zero attached hydrogens (tertiary/aromatic N) is 4. The molecule has 0 amide bonds. The van der Waals surface area contributed by atoms with E-state index in [9.17, 15) is 0 Å². The minimum absolute atomic E-state index is 0.482. The summed E-state index contributed by atoms with van der Waals surface area (Å²) in [6.45, 7) is 9.07. The van der Waals surface area contributed by atoms with Crippen LogP contribution in [-0.4, -0.2) is 27.8 Å². The largest absolute Gasteiger partial charge is 0.444 e. The Balaban J connectivity index is 1.65. The zero-order valence-electron chi connectivity index (χ0n) is 16.5. The van der Waals surface area contributed by atoms with Gasteiger partial charge in [0.05, 0.1) is 23.6 Å². The van der Waals surface area contributed by atoms with Gasteiger partial charge < -0.3 is 15.1 Å². The molecular formula is C20H26N6O. The van der Waals surface area contributed by atoms with Crippen LogP contribution >= 0.6 is 0 Å². The highest BCUT2D eigenvalue weighted by atomic mass is 16.4. The fourth-order valence-electron chi connectivity index (χ4n) is 2.92. The SMILES string of the molecule is CN=C(NCc1nc(C)c(C)o1)NCc1c(C)nn(-c2ccccc2)c1C. The van der Waals surface area contributed by atoms with Crippen LogP contribution in [0.1, 0.15) is 34.3 Å². The second-order valence-electron chi connectivity index (χ2n) is 6.43. The van der Waals surface area contributed by atoms with Gasteiger partial charge in [0.2, 0.25) is 5.89 Å². The van der Waals surface area contributed by atoms with Gasteiger partial charge in [0.25, 0.3) is 0 Å². The van der Waals surface area contributed by atoms with E-state index in [1.807, 2.05) is 43.7 Å². The monoisotopic (exact) mass is 366 g/mol. The molecule has 0 radical (unpaired) electrons. The number of guanidine groups is 1. The van der Waals surface area contributed by atoms with Crippen molar-refractivity contribution >= 4 is 5.96 Å². The molecule has 3 rings (SSSR count). The molecule has 0 aliphatic carbocycles. The first-order chi connectivity index (χ1) is 13.0. The van der Waals surface area contributed by atoms with Gasteiger partial charge in [-0.1, -0.05) is 18.2 Å². The quantitative estimate of drug-likeness (QED) is 0.536. The van der Waals surface area contributed by atoms with Gasteiger partial charge in [-0.25, -0.2) is 9.67 Å². The normalized spacial score (nSPS) is 11.7. The Bertz CT molecular complexity index is 920. The van der Waals surface area contributed by atoms with Gasteiger partial charge in [-0.05, 0) is 39.8 Å². The Morgan fingerprint density at radius 1 is 1.04 bits per heavy atom. The molecule has 0 atom stereocenters. The van der Waals surface area contributed by atoms with Crippen molar-refractivity contribution in [2.75, 3.05) is 7.05 Å². The molecule has 1 aromatic carbocycles. The molecule has 0 spiro atoms. The number of benzene rings is 1. The second-order valence-corrected chi connectivity index (χ2v) is 6.43. The van der Waals surface area contributed by atoms with Gasteiger partial charge in [-0.2, -0.15) is 5.10 Å². The molecule has 27 heavy (non-hydrogen) atoms. The van der Waals surface area contributed by atoms with E-state index in [0.29, 0.717) is 24.9 Å². The lowest BCUT2D eigenvalue weighted by atomic mass is 10.2. The number of aryl methyl sites for hydroxylation is 3. The van der Waals surface area contributed by atoms with E-state index < -0.39 is 0 Å². The molecule has 2 heterocycles. The van der Waals surface area contributed by atoms with Crippen molar-refractivity contribution in [1.29, 1.82) is 0 Å². The number of oxazole rings is 1. The van der Waals surface area contributed by atoms with Crippen LogP contribution in [0.5, 0.6) is 0 Å². The molecule has 0 saturated carbocycles. The van der Waals surface area contributed by atoms with E-state index in [0.717, 1.165) is 34.1 Å². The van der Waals surface area contributed by atoms with Crippen molar-refractivity contribution < 1.29 is 4.42 Å². The summed E-state index contributed by atoms with van der Waals surface area (Å²) in [5, 5.41) is 11.3. The minimum atomic E-state index is 0.482. The number of aromatic nitrogens is 3. The molecule has 2 aromatic heterocycles. The predicted molar refractivity (Wildman–Crippen MR) is 106 cm³/mol. The highest BCUT2D eigenvalue weighted by Gasteiger charge is 2.13. The lowest BCUT2D eigenvalue weighted by molar-refractivity contribution is 0.463. The Morgan fingerprint density at radius 2 is 1.74 bits per heavy atom. The molecule has 0 bridgehead atoms. The summed E-state index contributed by atoms with van der Waals surface area (Å²) < 4.78 is 7.57. The fourth-order valence-corrected chi connectivity index (χ4v) is 2.92. The van der Waals surface area contributed by atoms with Crippen molar-refractivity contribution in [3.05, 3.63) is 64.6 Å². The average Bonchev–Trinajstić information content (AvgIpc) is 3.14. The van der Waals surface area contributed by atoms with E-state index in [1.165, 1.54) is 0 Å². The lowest BCUT2D eigenvalue weighted by Gasteiger charge is -2.11. The van der Waals surface area contributed by atoms with Gasteiger partial charge >= 0.3 is 0 Å². The van der Waals surface area contributed by atoms with E-state index in [-0.39, 0.29) is 0 Å². The minimum Gasteiger partial charge on any atom is -0.444 e. The summed E-state index contributed by atoms with van der Waals surface area (Å²) in [5.41, 5.74) is 5.24. The summed E-state index contributed by atoms with van der Waals surface area (Å²) in [5.74, 6) is 2.18. The maximum Gasteiger partial charge on any atom is 0.214 e. The number of hydrogen-bond donors (Lipinski definition) is 2. The van der Waals surface area contributed by atoms with E-state index in [1.54, 1.807) is 7.05 Å². The lowest BCUT2D eigenvalue weighted by Crippen LogP contribution is -2.36.